The fourth-order valence-corrected chi connectivity index (χ4v) is 3.82. The van der Waals surface area contributed by atoms with Gasteiger partial charge >= 0.3 is 6.03 Å². The molecule has 156 valence electrons. The van der Waals surface area contributed by atoms with E-state index in [4.69, 9.17) is 0 Å². The van der Waals surface area contributed by atoms with Gasteiger partial charge in [0.15, 0.2) is 0 Å². The van der Waals surface area contributed by atoms with Crippen LogP contribution in [0.1, 0.15) is 37.7 Å². The molecule has 2 saturated heterocycles. The largest absolute Gasteiger partial charge is 0.363 e. The molecule has 3 rings (SSSR count). The number of carbonyl (C=O) groups excluding carboxylic acids is 3. The molecule has 0 aromatic heterocycles. The Morgan fingerprint density at radius 3 is 2.66 bits per heavy atom. The summed E-state index contributed by atoms with van der Waals surface area (Å²) in [5.41, 5.74) is 1.69. The average molecular weight is 399 g/mol. The van der Waals surface area contributed by atoms with Crippen LogP contribution in [0.5, 0.6) is 0 Å². The first-order valence-corrected chi connectivity index (χ1v) is 10.3. The van der Waals surface area contributed by atoms with Gasteiger partial charge in [0.1, 0.15) is 0 Å². The number of urea groups is 1. The third-order valence-corrected chi connectivity index (χ3v) is 5.41. The van der Waals surface area contributed by atoms with Crippen molar-refractivity contribution in [2.75, 3.05) is 38.0 Å². The summed E-state index contributed by atoms with van der Waals surface area (Å²) >= 11 is 0. The number of amides is 4. The van der Waals surface area contributed by atoms with Crippen LogP contribution in [0.2, 0.25) is 0 Å². The van der Waals surface area contributed by atoms with Crippen LogP contribution in [0, 0.1) is 12.8 Å². The van der Waals surface area contributed by atoms with Gasteiger partial charge in [0.2, 0.25) is 11.8 Å². The van der Waals surface area contributed by atoms with Crippen LogP contribution < -0.4 is 5.32 Å². The number of likely N-dealkylation sites (tertiary alicyclic amines) is 2. The van der Waals surface area contributed by atoms with E-state index in [1.807, 2.05) is 30.0 Å². The molecule has 0 saturated carbocycles. The predicted octanol–water partition coefficient (Wildman–Crippen LogP) is 3.23. The molecule has 2 fully saturated rings. The molecule has 2 heterocycles. The van der Waals surface area contributed by atoms with Crippen LogP contribution in [0.3, 0.4) is 0 Å². The lowest BCUT2D eigenvalue weighted by Crippen LogP contribution is -2.44. The van der Waals surface area contributed by atoms with Crippen molar-refractivity contribution in [1.29, 1.82) is 0 Å². The highest BCUT2D eigenvalue weighted by atomic mass is 16.2. The van der Waals surface area contributed by atoms with Crippen LogP contribution in [0.15, 0.2) is 34.5 Å². The zero-order valence-electron chi connectivity index (χ0n) is 17.0. The van der Waals surface area contributed by atoms with Crippen LogP contribution in [0.4, 0.5) is 10.5 Å². The molecule has 8 heteroatoms. The molecule has 0 bridgehead atoms. The maximum Gasteiger partial charge on any atom is 0.363 e. The normalized spacial score (nSPS) is 20.2. The van der Waals surface area contributed by atoms with Gasteiger partial charge in [0.05, 0.1) is 19.0 Å². The van der Waals surface area contributed by atoms with Crippen molar-refractivity contribution in [2.45, 2.75) is 39.0 Å². The SMILES string of the molecule is Cc1cccc(NC(=O)N=NC[C@@H]2CCCCN(CC(=O)N3CCCC3)C2=O)c1. The van der Waals surface area contributed by atoms with Crippen molar-refractivity contribution in [1.82, 2.24) is 9.80 Å². The van der Waals surface area contributed by atoms with Gasteiger partial charge in [0, 0.05) is 25.3 Å². The van der Waals surface area contributed by atoms with Gasteiger partial charge in [-0.3, -0.25) is 9.59 Å². The van der Waals surface area contributed by atoms with Crippen LogP contribution in [-0.2, 0) is 9.59 Å². The zero-order chi connectivity index (χ0) is 20.6. The summed E-state index contributed by atoms with van der Waals surface area (Å²) in [6.45, 7) is 4.41. The number of hydrogen-bond acceptors (Lipinski definition) is 4. The smallest absolute Gasteiger partial charge is 0.341 e. The Hall–Kier alpha value is -2.77. The number of aryl methyl sites for hydroxylation is 1. The van der Waals surface area contributed by atoms with E-state index in [1.54, 1.807) is 11.0 Å². The lowest BCUT2D eigenvalue weighted by atomic mass is 10.0. The Morgan fingerprint density at radius 2 is 1.90 bits per heavy atom. The fraction of sp³-hybridized carbons (Fsp3) is 0.571. The highest BCUT2D eigenvalue weighted by Gasteiger charge is 2.30. The Morgan fingerprint density at radius 1 is 1.14 bits per heavy atom. The molecule has 2 aliphatic rings. The molecule has 0 radical (unpaired) electrons. The summed E-state index contributed by atoms with van der Waals surface area (Å²) in [6, 6.07) is 6.86. The number of hydrogen-bond donors (Lipinski definition) is 1. The Labute approximate surface area is 171 Å². The second-order valence-corrected chi connectivity index (χ2v) is 7.76. The Balaban J connectivity index is 1.52. The van der Waals surface area contributed by atoms with Crippen molar-refractivity contribution < 1.29 is 14.4 Å². The molecule has 0 aliphatic carbocycles. The molecular weight excluding hydrogens is 370 g/mol. The zero-order valence-corrected chi connectivity index (χ0v) is 17.0. The second-order valence-electron chi connectivity index (χ2n) is 7.76. The molecular formula is C21H29N5O3. The number of carbonyl (C=O) groups is 3. The van der Waals surface area contributed by atoms with Gasteiger partial charge < -0.3 is 15.1 Å². The van der Waals surface area contributed by atoms with Crippen molar-refractivity contribution in [3.63, 3.8) is 0 Å². The molecule has 4 amide bonds. The monoisotopic (exact) mass is 399 g/mol. The van der Waals surface area contributed by atoms with E-state index >= 15 is 0 Å². The first-order valence-electron chi connectivity index (χ1n) is 10.3. The fourth-order valence-electron chi connectivity index (χ4n) is 3.82. The minimum Gasteiger partial charge on any atom is -0.341 e. The quantitative estimate of drug-likeness (QED) is 0.770. The highest BCUT2D eigenvalue weighted by molar-refractivity contribution is 5.89. The number of benzene rings is 1. The van der Waals surface area contributed by atoms with Gasteiger partial charge in [-0.15, -0.1) is 0 Å². The number of nitrogens with one attached hydrogen (secondary N) is 1. The number of anilines is 1. The van der Waals surface area contributed by atoms with Gasteiger partial charge in [-0.05, 0) is 50.3 Å². The maximum absolute atomic E-state index is 12.9. The Kier molecular flexibility index (Phi) is 7.32. The first-order chi connectivity index (χ1) is 14.0. The van der Waals surface area contributed by atoms with E-state index in [2.05, 4.69) is 15.5 Å². The van der Waals surface area contributed by atoms with Gasteiger partial charge in [0.25, 0.3) is 0 Å². The van der Waals surface area contributed by atoms with Crippen molar-refractivity contribution >= 4 is 23.5 Å². The molecule has 1 aromatic carbocycles. The average Bonchev–Trinajstić information content (AvgIpc) is 3.17. The van der Waals surface area contributed by atoms with Crippen molar-refractivity contribution in [2.24, 2.45) is 16.1 Å². The third-order valence-electron chi connectivity index (χ3n) is 5.41. The lowest BCUT2D eigenvalue weighted by Gasteiger charge is -2.25. The number of rotatable bonds is 5. The Bertz CT molecular complexity index is 773. The summed E-state index contributed by atoms with van der Waals surface area (Å²) in [6.07, 6.45) is 4.54. The topological polar surface area (TPSA) is 94.4 Å². The van der Waals surface area contributed by atoms with E-state index in [9.17, 15) is 14.4 Å². The summed E-state index contributed by atoms with van der Waals surface area (Å²) in [5.74, 6) is -0.372. The standard InChI is InChI=1S/C21H29N5O3/c1-16-7-6-9-18(13-16)23-21(29)24-22-14-17-8-2-3-12-26(20(17)28)15-19(27)25-10-4-5-11-25/h6-7,9,13,17H,2-5,8,10-12,14-15H2,1H3,(H,23,29)/t17-/m0/s1. The number of azo groups is 1. The maximum atomic E-state index is 12.9. The third kappa shape index (κ3) is 6.10. The van der Waals surface area contributed by atoms with Gasteiger partial charge in [-0.25, -0.2) is 4.79 Å². The minimum absolute atomic E-state index is 0.0238. The molecule has 1 aromatic rings. The molecule has 1 N–H and O–H groups in total. The van der Waals surface area contributed by atoms with Crippen molar-refractivity contribution in [3.8, 4) is 0 Å². The summed E-state index contributed by atoms with van der Waals surface area (Å²) in [5, 5.41) is 10.3. The van der Waals surface area contributed by atoms with E-state index in [0.29, 0.717) is 18.7 Å². The first kappa shape index (κ1) is 21.0. The summed E-state index contributed by atoms with van der Waals surface area (Å²) in [4.78, 5) is 40.7. The van der Waals surface area contributed by atoms with E-state index < -0.39 is 6.03 Å². The highest BCUT2D eigenvalue weighted by Crippen LogP contribution is 2.19. The second kappa shape index (κ2) is 10.1. The van der Waals surface area contributed by atoms with E-state index in [0.717, 1.165) is 44.3 Å². The van der Waals surface area contributed by atoms with Gasteiger partial charge in [-0.2, -0.15) is 5.11 Å². The molecule has 0 unspecified atom stereocenters. The van der Waals surface area contributed by atoms with Crippen LogP contribution in [0.25, 0.3) is 0 Å². The molecule has 29 heavy (non-hydrogen) atoms. The molecule has 8 nitrogen and oxygen atoms in total. The van der Waals surface area contributed by atoms with Gasteiger partial charge in [-0.1, -0.05) is 23.7 Å². The van der Waals surface area contributed by atoms with Crippen LogP contribution >= 0.6 is 0 Å². The molecule has 0 spiro atoms. The summed E-state index contributed by atoms with van der Waals surface area (Å²) in [7, 11) is 0. The predicted molar refractivity (Wildman–Crippen MR) is 110 cm³/mol. The lowest BCUT2D eigenvalue weighted by molar-refractivity contribution is -0.141. The summed E-state index contributed by atoms with van der Waals surface area (Å²) < 4.78 is 0. The number of nitrogens with zero attached hydrogens (tertiary/aromatic N) is 4. The van der Waals surface area contributed by atoms with E-state index in [1.165, 1.54) is 0 Å². The molecule has 1 atom stereocenters. The molecule has 2 aliphatic heterocycles. The van der Waals surface area contributed by atoms with Crippen molar-refractivity contribution in [3.05, 3.63) is 29.8 Å². The van der Waals surface area contributed by atoms with Crippen LogP contribution in [-0.4, -0.2) is 60.4 Å². The van der Waals surface area contributed by atoms with E-state index in [-0.39, 0.29) is 30.8 Å². The minimum atomic E-state index is -0.558.